The lowest BCUT2D eigenvalue weighted by Gasteiger charge is -2.39. The fourth-order valence-electron chi connectivity index (χ4n) is 4.05. The molecule has 2 saturated carbocycles. The maximum atomic E-state index is 6.43. The third-order valence-electron chi connectivity index (χ3n) is 5.27. The molecule has 3 unspecified atom stereocenters. The van der Waals surface area contributed by atoms with Gasteiger partial charge in [-0.1, -0.05) is 63.0 Å². The molecular formula is C14H24B2. The first-order chi connectivity index (χ1) is 7.55. The molecule has 16 heavy (non-hydrogen) atoms. The first-order valence-electron chi connectivity index (χ1n) is 7.13. The summed E-state index contributed by atoms with van der Waals surface area (Å²) in [6.45, 7) is 4.45. The van der Waals surface area contributed by atoms with Crippen molar-refractivity contribution in [3.05, 3.63) is 0 Å². The van der Waals surface area contributed by atoms with Gasteiger partial charge in [0, 0.05) is 0 Å². The van der Waals surface area contributed by atoms with E-state index in [2.05, 4.69) is 13.8 Å². The molecule has 0 heterocycles. The maximum Gasteiger partial charge on any atom is 0.0627 e. The summed E-state index contributed by atoms with van der Waals surface area (Å²) >= 11 is 0. The summed E-state index contributed by atoms with van der Waals surface area (Å²) in [7, 11) is 12.9. The first-order valence-corrected chi connectivity index (χ1v) is 7.13. The van der Waals surface area contributed by atoms with E-state index in [1.54, 1.807) is 0 Å². The second-order valence-electron chi connectivity index (χ2n) is 6.31. The summed E-state index contributed by atoms with van der Waals surface area (Å²) in [6.07, 6.45) is 9.25. The van der Waals surface area contributed by atoms with E-state index in [4.69, 9.17) is 15.7 Å². The molecule has 0 saturated heterocycles. The van der Waals surface area contributed by atoms with E-state index >= 15 is 0 Å². The molecule has 3 atom stereocenters. The second-order valence-corrected chi connectivity index (χ2v) is 6.31. The van der Waals surface area contributed by atoms with Gasteiger partial charge < -0.3 is 0 Å². The Morgan fingerprint density at radius 1 is 1.19 bits per heavy atom. The molecule has 86 valence electrons. The van der Waals surface area contributed by atoms with E-state index in [0.29, 0.717) is 11.8 Å². The van der Waals surface area contributed by atoms with Crippen LogP contribution >= 0.6 is 0 Å². The van der Waals surface area contributed by atoms with Gasteiger partial charge in [0.25, 0.3) is 0 Å². The van der Waals surface area contributed by atoms with Gasteiger partial charge >= 0.3 is 0 Å². The fraction of sp³-hybridized carbons (Fsp3) is 1.00. The molecule has 0 aromatic carbocycles. The van der Waals surface area contributed by atoms with Crippen LogP contribution in [0, 0.1) is 23.7 Å². The predicted molar refractivity (Wildman–Crippen MR) is 71.8 cm³/mol. The van der Waals surface area contributed by atoms with Crippen molar-refractivity contribution >= 4 is 15.7 Å². The van der Waals surface area contributed by atoms with E-state index in [1.165, 1.54) is 44.9 Å². The van der Waals surface area contributed by atoms with Crippen molar-refractivity contribution in [2.24, 2.45) is 23.7 Å². The first kappa shape index (κ1) is 12.6. The van der Waals surface area contributed by atoms with Gasteiger partial charge in [0.15, 0.2) is 0 Å². The van der Waals surface area contributed by atoms with E-state index < -0.39 is 5.21 Å². The van der Waals surface area contributed by atoms with Crippen molar-refractivity contribution in [2.45, 2.75) is 64.0 Å². The molecule has 0 aliphatic heterocycles. The molecule has 0 aromatic heterocycles. The third kappa shape index (κ3) is 2.22. The molecule has 2 rings (SSSR count). The van der Waals surface area contributed by atoms with Crippen LogP contribution < -0.4 is 0 Å². The lowest BCUT2D eigenvalue weighted by Crippen LogP contribution is -2.30. The van der Waals surface area contributed by atoms with Gasteiger partial charge in [0.1, 0.15) is 0 Å². The van der Waals surface area contributed by atoms with Crippen LogP contribution in [0.1, 0.15) is 58.8 Å². The molecule has 2 heteroatoms. The molecule has 0 nitrogen and oxygen atoms in total. The minimum absolute atomic E-state index is 0.416. The van der Waals surface area contributed by atoms with Crippen molar-refractivity contribution in [1.82, 2.24) is 0 Å². The zero-order valence-corrected chi connectivity index (χ0v) is 10.9. The molecule has 0 aromatic rings. The summed E-state index contributed by atoms with van der Waals surface area (Å²) < 4.78 is 0. The monoisotopic (exact) mass is 214 g/mol. The van der Waals surface area contributed by atoms with Crippen LogP contribution in [0.4, 0.5) is 0 Å². The van der Waals surface area contributed by atoms with Crippen molar-refractivity contribution in [3.8, 4) is 0 Å². The predicted octanol–water partition coefficient (Wildman–Crippen LogP) is 3.70. The average molecular weight is 214 g/mol. The van der Waals surface area contributed by atoms with Crippen molar-refractivity contribution in [2.75, 3.05) is 0 Å². The van der Waals surface area contributed by atoms with Gasteiger partial charge in [-0.3, -0.25) is 0 Å². The molecule has 4 radical (unpaired) electrons. The highest BCUT2D eigenvalue weighted by atomic mass is 14.5. The van der Waals surface area contributed by atoms with E-state index in [1.807, 2.05) is 0 Å². The summed E-state index contributed by atoms with van der Waals surface area (Å²) in [5.74, 6) is 2.93. The van der Waals surface area contributed by atoms with Gasteiger partial charge in [-0.2, -0.15) is 0 Å². The average Bonchev–Trinajstić information content (AvgIpc) is 2.76. The lowest BCUT2D eigenvalue weighted by molar-refractivity contribution is 0.323. The van der Waals surface area contributed by atoms with E-state index in [9.17, 15) is 0 Å². The smallest absolute Gasteiger partial charge is 0.0627 e. The van der Waals surface area contributed by atoms with Crippen LogP contribution in [-0.2, 0) is 0 Å². The van der Waals surface area contributed by atoms with Gasteiger partial charge in [0.2, 0.25) is 0 Å². The van der Waals surface area contributed by atoms with Crippen molar-refractivity contribution in [1.29, 1.82) is 0 Å². The molecule has 2 aliphatic rings. The lowest BCUT2D eigenvalue weighted by atomic mass is 9.42. The van der Waals surface area contributed by atoms with Gasteiger partial charge in [-0.25, -0.2) is 0 Å². The minimum atomic E-state index is -0.416. The van der Waals surface area contributed by atoms with E-state index in [0.717, 1.165) is 11.8 Å². The molecule has 0 N–H and O–H groups in total. The summed E-state index contributed by atoms with van der Waals surface area (Å²) in [5.41, 5.74) is 0. The number of fused-ring (bicyclic) bond motifs is 1. The minimum Gasteiger partial charge on any atom is -0.0938 e. The van der Waals surface area contributed by atoms with Crippen molar-refractivity contribution in [3.63, 3.8) is 0 Å². The van der Waals surface area contributed by atoms with Crippen LogP contribution in [-0.4, -0.2) is 15.7 Å². The highest BCUT2D eigenvalue weighted by Gasteiger charge is 2.44. The second kappa shape index (κ2) is 4.78. The number of hydrogen-bond acceptors (Lipinski definition) is 0. The largest absolute Gasteiger partial charge is 0.0938 e. The zero-order chi connectivity index (χ0) is 11.8. The van der Waals surface area contributed by atoms with Crippen LogP contribution in [0.15, 0.2) is 0 Å². The maximum absolute atomic E-state index is 6.43. The molecule has 0 amide bonds. The topological polar surface area (TPSA) is 0 Å². The van der Waals surface area contributed by atoms with Crippen LogP contribution in [0.25, 0.3) is 0 Å². The Morgan fingerprint density at radius 2 is 1.75 bits per heavy atom. The van der Waals surface area contributed by atoms with E-state index in [-0.39, 0.29) is 0 Å². The molecule has 2 aliphatic carbocycles. The SMILES string of the molecule is [B]C([B])(C(C)CCC)C1CC2CCCC2C1. The fourth-order valence-corrected chi connectivity index (χ4v) is 4.05. The summed E-state index contributed by atoms with van der Waals surface area (Å²) in [6, 6.07) is 0. The number of rotatable bonds is 4. The Labute approximate surface area is 104 Å². The van der Waals surface area contributed by atoms with Gasteiger partial charge in [0.05, 0.1) is 15.7 Å². The molecule has 0 bridgehead atoms. The summed E-state index contributed by atoms with van der Waals surface area (Å²) in [4.78, 5) is 0. The Kier molecular flexibility index (Phi) is 3.76. The highest BCUT2D eigenvalue weighted by molar-refractivity contribution is 6.40. The normalized spacial score (nSPS) is 36.2. The summed E-state index contributed by atoms with van der Waals surface area (Å²) in [5, 5.41) is -0.416. The molecule has 2 fully saturated rings. The Bertz CT molecular complexity index is 225. The zero-order valence-electron chi connectivity index (χ0n) is 10.9. The highest BCUT2D eigenvalue weighted by Crippen LogP contribution is 2.55. The van der Waals surface area contributed by atoms with Crippen molar-refractivity contribution < 1.29 is 0 Å². The third-order valence-corrected chi connectivity index (χ3v) is 5.27. The van der Waals surface area contributed by atoms with Gasteiger partial charge in [-0.05, 0) is 24.7 Å². The Balaban J connectivity index is 1.96. The quantitative estimate of drug-likeness (QED) is 0.625. The number of hydrogen-bond donors (Lipinski definition) is 0. The van der Waals surface area contributed by atoms with Gasteiger partial charge in [-0.15, -0.1) is 0 Å². The Morgan fingerprint density at radius 3 is 2.25 bits per heavy atom. The molecular weight excluding hydrogens is 190 g/mol. The van der Waals surface area contributed by atoms with Crippen LogP contribution in [0.5, 0.6) is 0 Å². The Hall–Kier alpha value is 0.130. The van der Waals surface area contributed by atoms with Crippen LogP contribution in [0.3, 0.4) is 0 Å². The standard InChI is InChI=1S/C14H24B2/c1-3-5-10(2)14(15,16)13-8-11-6-4-7-12(11)9-13/h10-13H,3-9H2,1-2H3. The molecule has 0 spiro atoms. The van der Waals surface area contributed by atoms with Crippen LogP contribution in [0.2, 0.25) is 5.21 Å².